The zero-order valence-electron chi connectivity index (χ0n) is 12.2. The fourth-order valence-corrected chi connectivity index (χ4v) is 3.62. The van der Waals surface area contributed by atoms with Gasteiger partial charge in [0, 0.05) is 12.6 Å². The second-order valence-corrected chi connectivity index (χ2v) is 6.18. The predicted octanol–water partition coefficient (Wildman–Crippen LogP) is 2.57. The van der Waals surface area contributed by atoms with E-state index >= 15 is 0 Å². The zero-order chi connectivity index (χ0) is 13.9. The molecule has 1 saturated carbocycles. The minimum absolute atomic E-state index is 0.136. The van der Waals surface area contributed by atoms with Gasteiger partial charge in [-0.15, -0.1) is 0 Å². The summed E-state index contributed by atoms with van der Waals surface area (Å²) in [6.07, 6.45) is 6.16. The van der Waals surface area contributed by atoms with Crippen LogP contribution in [0.4, 0.5) is 0 Å². The molecule has 3 rings (SSSR count). The Morgan fingerprint density at radius 1 is 1.30 bits per heavy atom. The van der Waals surface area contributed by atoms with Crippen LogP contribution in [0.5, 0.6) is 0 Å². The summed E-state index contributed by atoms with van der Waals surface area (Å²) < 4.78 is 0. The molecule has 1 heterocycles. The number of carbonyl (C=O) groups is 1. The van der Waals surface area contributed by atoms with E-state index in [1.54, 1.807) is 0 Å². The first-order chi connectivity index (χ1) is 9.75. The molecule has 2 unspecified atom stereocenters. The van der Waals surface area contributed by atoms with Crippen molar-refractivity contribution in [3.05, 3.63) is 35.4 Å². The SMILES string of the molecule is CC(NC(=O)C1NCCc2ccccc21)C1CCCC1. The van der Waals surface area contributed by atoms with Gasteiger partial charge in [-0.05, 0) is 43.2 Å². The average Bonchev–Trinajstić information content (AvgIpc) is 3.01. The molecule has 1 aromatic carbocycles. The third kappa shape index (κ3) is 2.73. The molecule has 1 aliphatic heterocycles. The highest BCUT2D eigenvalue weighted by Crippen LogP contribution is 2.28. The van der Waals surface area contributed by atoms with E-state index in [-0.39, 0.29) is 11.9 Å². The van der Waals surface area contributed by atoms with Crippen molar-refractivity contribution in [3.8, 4) is 0 Å². The number of amides is 1. The number of rotatable bonds is 3. The number of hydrogen-bond acceptors (Lipinski definition) is 2. The van der Waals surface area contributed by atoms with Gasteiger partial charge in [-0.3, -0.25) is 4.79 Å². The van der Waals surface area contributed by atoms with Crippen LogP contribution in [0, 0.1) is 5.92 Å². The Bertz CT molecular complexity index is 480. The molecular weight excluding hydrogens is 248 g/mol. The summed E-state index contributed by atoms with van der Waals surface area (Å²) in [5, 5.41) is 6.59. The second kappa shape index (κ2) is 5.96. The maximum Gasteiger partial charge on any atom is 0.241 e. The molecular formula is C17H24N2O. The monoisotopic (exact) mass is 272 g/mol. The molecule has 1 fully saturated rings. The highest BCUT2D eigenvalue weighted by molar-refractivity contribution is 5.84. The molecule has 3 nitrogen and oxygen atoms in total. The maximum absolute atomic E-state index is 12.6. The first-order valence-electron chi connectivity index (χ1n) is 7.87. The molecule has 20 heavy (non-hydrogen) atoms. The number of carbonyl (C=O) groups excluding carboxylic acids is 1. The van der Waals surface area contributed by atoms with Gasteiger partial charge in [0.2, 0.25) is 5.91 Å². The van der Waals surface area contributed by atoms with Gasteiger partial charge in [-0.1, -0.05) is 37.1 Å². The molecule has 2 atom stereocenters. The number of fused-ring (bicyclic) bond motifs is 1. The molecule has 1 aromatic rings. The van der Waals surface area contributed by atoms with E-state index in [2.05, 4.69) is 35.8 Å². The van der Waals surface area contributed by atoms with Crippen LogP contribution < -0.4 is 10.6 Å². The van der Waals surface area contributed by atoms with E-state index in [1.807, 2.05) is 6.07 Å². The van der Waals surface area contributed by atoms with Gasteiger partial charge in [0.15, 0.2) is 0 Å². The van der Waals surface area contributed by atoms with Crippen LogP contribution >= 0.6 is 0 Å². The topological polar surface area (TPSA) is 41.1 Å². The number of benzene rings is 1. The first-order valence-corrected chi connectivity index (χ1v) is 7.87. The van der Waals surface area contributed by atoms with E-state index in [9.17, 15) is 4.79 Å². The Morgan fingerprint density at radius 2 is 2.05 bits per heavy atom. The van der Waals surface area contributed by atoms with Gasteiger partial charge in [0.1, 0.15) is 6.04 Å². The molecule has 108 valence electrons. The molecule has 0 bridgehead atoms. The summed E-state index contributed by atoms with van der Waals surface area (Å²) in [5.41, 5.74) is 2.45. The Hall–Kier alpha value is -1.35. The van der Waals surface area contributed by atoms with Crippen LogP contribution in [0.25, 0.3) is 0 Å². The summed E-state index contributed by atoms with van der Waals surface area (Å²) >= 11 is 0. The van der Waals surface area contributed by atoms with Crippen molar-refractivity contribution in [3.63, 3.8) is 0 Å². The fraction of sp³-hybridized carbons (Fsp3) is 0.588. The Kier molecular flexibility index (Phi) is 4.06. The summed E-state index contributed by atoms with van der Waals surface area (Å²) in [6, 6.07) is 8.40. The molecule has 0 aromatic heterocycles. The number of nitrogens with one attached hydrogen (secondary N) is 2. The van der Waals surface area contributed by atoms with Crippen molar-refractivity contribution in [1.82, 2.24) is 10.6 Å². The van der Waals surface area contributed by atoms with E-state index in [4.69, 9.17) is 0 Å². The predicted molar refractivity (Wildman–Crippen MR) is 80.5 cm³/mol. The fourth-order valence-electron chi connectivity index (χ4n) is 3.62. The molecule has 1 aliphatic carbocycles. The van der Waals surface area contributed by atoms with Gasteiger partial charge in [-0.25, -0.2) is 0 Å². The lowest BCUT2D eigenvalue weighted by molar-refractivity contribution is -0.124. The van der Waals surface area contributed by atoms with E-state index in [0.29, 0.717) is 12.0 Å². The molecule has 2 N–H and O–H groups in total. The van der Waals surface area contributed by atoms with Crippen molar-refractivity contribution < 1.29 is 4.79 Å². The van der Waals surface area contributed by atoms with E-state index < -0.39 is 0 Å². The highest BCUT2D eigenvalue weighted by Gasteiger charge is 2.29. The quantitative estimate of drug-likeness (QED) is 0.888. The van der Waals surface area contributed by atoms with Gasteiger partial charge in [0.05, 0.1) is 0 Å². The standard InChI is InChI=1S/C17H24N2O/c1-12(13-6-2-3-7-13)19-17(20)16-15-9-5-4-8-14(15)10-11-18-16/h4-5,8-9,12-13,16,18H,2-3,6-7,10-11H2,1H3,(H,19,20). The first kappa shape index (κ1) is 13.6. The summed E-state index contributed by atoms with van der Waals surface area (Å²) in [5.74, 6) is 0.800. The Balaban J connectivity index is 1.68. The molecule has 2 aliphatic rings. The summed E-state index contributed by atoms with van der Waals surface area (Å²) in [6.45, 7) is 3.04. The van der Waals surface area contributed by atoms with Gasteiger partial charge in [0.25, 0.3) is 0 Å². The van der Waals surface area contributed by atoms with E-state index in [0.717, 1.165) is 18.5 Å². The lowest BCUT2D eigenvalue weighted by Gasteiger charge is -2.28. The second-order valence-electron chi connectivity index (χ2n) is 6.18. The van der Waals surface area contributed by atoms with Crippen LogP contribution in [0.1, 0.15) is 49.8 Å². The highest BCUT2D eigenvalue weighted by atomic mass is 16.2. The molecule has 3 heteroatoms. The van der Waals surface area contributed by atoms with Crippen LogP contribution in [-0.2, 0) is 11.2 Å². The van der Waals surface area contributed by atoms with Crippen LogP contribution in [0.3, 0.4) is 0 Å². The largest absolute Gasteiger partial charge is 0.352 e. The minimum Gasteiger partial charge on any atom is -0.352 e. The van der Waals surface area contributed by atoms with E-state index in [1.165, 1.54) is 31.2 Å². The summed E-state index contributed by atoms with van der Waals surface area (Å²) in [4.78, 5) is 12.6. The Morgan fingerprint density at radius 3 is 2.85 bits per heavy atom. The molecule has 0 spiro atoms. The maximum atomic E-state index is 12.6. The van der Waals surface area contributed by atoms with Crippen molar-refractivity contribution in [2.24, 2.45) is 5.92 Å². The minimum atomic E-state index is -0.177. The Labute approximate surface area is 121 Å². The van der Waals surface area contributed by atoms with Gasteiger partial charge >= 0.3 is 0 Å². The molecule has 1 amide bonds. The lowest BCUT2D eigenvalue weighted by Crippen LogP contribution is -2.46. The van der Waals surface area contributed by atoms with Crippen molar-refractivity contribution in [2.45, 2.75) is 51.1 Å². The summed E-state index contributed by atoms with van der Waals surface area (Å²) in [7, 11) is 0. The van der Waals surface area contributed by atoms with Crippen LogP contribution in [0.15, 0.2) is 24.3 Å². The molecule has 0 radical (unpaired) electrons. The molecule has 0 saturated heterocycles. The normalized spacial score (nSPS) is 24.1. The number of hydrogen-bond donors (Lipinski definition) is 2. The zero-order valence-corrected chi connectivity index (χ0v) is 12.2. The van der Waals surface area contributed by atoms with Crippen molar-refractivity contribution in [2.75, 3.05) is 6.54 Å². The van der Waals surface area contributed by atoms with Crippen LogP contribution in [0.2, 0.25) is 0 Å². The third-order valence-electron chi connectivity index (χ3n) is 4.85. The lowest BCUT2D eigenvalue weighted by atomic mass is 9.93. The van der Waals surface area contributed by atoms with Gasteiger partial charge in [-0.2, -0.15) is 0 Å². The smallest absolute Gasteiger partial charge is 0.241 e. The van der Waals surface area contributed by atoms with Crippen molar-refractivity contribution in [1.29, 1.82) is 0 Å². The third-order valence-corrected chi connectivity index (χ3v) is 4.85. The van der Waals surface area contributed by atoms with Gasteiger partial charge < -0.3 is 10.6 Å². The average molecular weight is 272 g/mol. The van der Waals surface area contributed by atoms with Crippen molar-refractivity contribution >= 4 is 5.91 Å². The van der Waals surface area contributed by atoms with Crippen LogP contribution in [-0.4, -0.2) is 18.5 Å².